The van der Waals surface area contributed by atoms with E-state index < -0.39 is 36.3 Å². The Hall–Kier alpha value is -1.51. The zero-order valence-corrected chi connectivity index (χ0v) is 17.0. The largest absolute Gasteiger partial charge is 0.469 e. The second-order valence-corrected chi connectivity index (χ2v) is 8.75. The van der Waals surface area contributed by atoms with Crippen LogP contribution in [0.5, 0.6) is 0 Å². The summed E-state index contributed by atoms with van der Waals surface area (Å²) in [5, 5.41) is 2.79. The van der Waals surface area contributed by atoms with Crippen molar-refractivity contribution >= 4 is 12.1 Å². The number of halogens is 3. The van der Waals surface area contributed by atoms with E-state index in [2.05, 4.69) is 5.32 Å². The maximum Gasteiger partial charge on any atom is 0.407 e. The van der Waals surface area contributed by atoms with Gasteiger partial charge >= 0.3 is 18.2 Å². The van der Waals surface area contributed by atoms with E-state index in [0.717, 1.165) is 12.8 Å². The molecular weight excluding hydrogens is 377 g/mol. The van der Waals surface area contributed by atoms with Crippen LogP contribution >= 0.6 is 0 Å². The summed E-state index contributed by atoms with van der Waals surface area (Å²) in [7, 11) is 1.29. The standard InChI is InChI=1S/C19H31F3N2O4/c1-18(2,3)28-17(26)23-15(11-16(25)27-4)12-9-13-5-6-14(10-12)24(13)8-7-19(20,21)22/h12-15H,5-11H2,1-4H3,(H,23,26)/t12?,13?,14?,15-/m1/s1. The highest BCUT2D eigenvalue weighted by Gasteiger charge is 2.44. The van der Waals surface area contributed by atoms with Gasteiger partial charge in [0.1, 0.15) is 5.60 Å². The summed E-state index contributed by atoms with van der Waals surface area (Å²) >= 11 is 0. The molecule has 3 atom stereocenters. The maximum atomic E-state index is 12.6. The van der Waals surface area contributed by atoms with Crippen molar-refractivity contribution in [1.29, 1.82) is 0 Å². The van der Waals surface area contributed by atoms with Gasteiger partial charge in [-0.1, -0.05) is 0 Å². The highest BCUT2D eigenvalue weighted by Crippen LogP contribution is 2.41. The molecule has 2 aliphatic heterocycles. The molecule has 0 aliphatic carbocycles. The second kappa shape index (κ2) is 8.88. The SMILES string of the molecule is COC(=O)C[C@@H](NC(=O)OC(C)(C)C)C1CC2CCC(C1)N2CCC(F)(F)F. The molecule has 162 valence electrons. The number of hydrogen-bond acceptors (Lipinski definition) is 5. The number of piperidine rings is 1. The molecule has 1 amide bonds. The van der Waals surface area contributed by atoms with E-state index in [1.165, 1.54) is 7.11 Å². The van der Waals surface area contributed by atoms with Crippen molar-refractivity contribution in [2.24, 2.45) is 5.92 Å². The Bertz CT molecular complexity index is 548. The van der Waals surface area contributed by atoms with Crippen molar-refractivity contribution in [2.45, 2.75) is 89.2 Å². The van der Waals surface area contributed by atoms with Gasteiger partial charge in [0.05, 0.1) is 20.0 Å². The first-order chi connectivity index (χ1) is 12.9. The van der Waals surface area contributed by atoms with Crippen LogP contribution in [0.2, 0.25) is 0 Å². The van der Waals surface area contributed by atoms with Crippen LogP contribution in [-0.4, -0.2) is 60.5 Å². The molecule has 2 rings (SSSR count). The molecule has 2 fully saturated rings. The molecule has 2 bridgehead atoms. The van der Waals surface area contributed by atoms with Crippen molar-refractivity contribution in [3.05, 3.63) is 0 Å². The summed E-state index contributed by atoms with van der Waals surface area (Å²) in [6.45, 7) is 5.26. The van der Waals surface area contributed by atoms with Crippen LogP contribution in [0.1, 0.15) is 59.3 Å². The van der Waals surface area contributed by atoms with Gasteiger partial charge in [0, 0.05) is 24.7 Å². The van der Waals surface area contributed by atoms with Gasteiger partial charge in [-0.3, -0.25) is 9.69 Å². The number of fused-ring (bicyclic) bond motifs is 2. The van der Waals surface area contributed by atoms with Gasteiger partial charge in [-0.25, -0.2) is 4.79 Å². The van der Waals surface area contributed by atoms with Crippen molar-refractivity contribution < 1.29 is 32.2 Å². The van der Waals surface area contributed by atoms with E-state index in [1.54, 1.807) is 20.8 Å². The van der Waals surface area contributed by atoms with Crippen LogP contribution in [-0.2, 0) is 14.3 Å². The highest BCUT2D eigenvalue weighted by atomic mass is 19.4. The molecule has 2 heterocycles. The van der Waals surface area contributed by atoms with Gasteiger partial charge < -0.3 is 14.8 Å². The van der Waals surface area contributed by atoms with Crippen LogP contribution in [0.3, 0.4) is 0 Å². The first kappa shape index (κ1) is 22.8. The lowest BCUT2D eigenvalue weighted by atomic mass is 9.83. The molecule has 0 radical (unpaired) electrons. The number of carbonyl (C=O) groups excluding carboxylic acids is 2. The van der Waals surface area contributed by atoms with E-state index in [-0.39, 0.29) is 31.0 Å². The Morgan fingerprint density at radius 2 is 1.71 bits per heavy atom. The van der Waals surface area contributed by atoms with Crippen molar-refractivity contribution in [3.63, 3.8) is 0 Å². The summed E-state index contributed by atoms with van der Waals surface area (Å²) in [6.07, 6.45) is -2.59. The van der Waals surface area contributed by atoms with Crippen LogP contribution < -0.4 is 5.32 Å². The molecule has 0 aromatic heterocycles. The highest BCUT2D eigenvalue weighted by molar-refractivity contribution is 5.73. The Morgan fingerprint density at radius 1 is 1.14 bits per heavy atom. The third-order valence-electron chi connectivity index (χ3n) is 5.46. The van der Waals surface area contributed by atoms with Crippen molar-refractivity contribution in [2.75, 3.05) is 13.7 Å². The topological polar surface area (TPSA) is 67.9 Å². The van der Waals surface area contributed by atoms with E-state index in [9.17, 15) is 22.8 Å². The van der Waals surface area contributed by atoms with Crippen molar-refractivity contribution in [1.82, 2.24) is 10.2 Å². The first-order valence-electron chi connectivity index (χ1n) is 9.77. The van der Waals surface area contributed by atoms with Crippen LogP contribution in [0.25, 0.3) is 0 Å². The molecule has 0 saturated carbocycles. The monoisotopic (exact) mass is 408 g/mol. The van der Waals surface area contributed by atoms with Crippen LogP contribution in [0.4, 0.5) is 18.0 Å². The van der Waals surface area contributed by atoms with Gasteiger partial charge in [-0.15, -0.1) is 0 Å². The summed E-state index contributed by atoms with van der Waals surface area (Å²) in [5.41, 5.74) is -0.667. The fourth-order valence-electron chi connectivity index (χ4n) is 4.32. The zero-order chi connectivity index (χ0) is 21.1. The summed E-state index contributed by atoms with van der Waals surface area (Å²) in [4.78, 5) is 26.0. The number of nitrogens with one attached hydrogen (secondary N) is 1. The Morgan fingerprint density at radius 3 is 2.18 bits per heavy atom. The lowest BCUT2D eigenvalue weighted by Crippen LogP contribution is -2.51. The molecule has 0 aromatic carbocycles. The van der Waals surface area contributed by atoms with E-state index in [4.69, 9.17) is 9.47 Å². The van der Waals surface area contributed by atoms with Crippen LogP contribution in [0, 0.1) is 5.92 Å². The summed E-state index contributed by atoms with van der Waals surface area (Å²) in [5.74, 6) is -0.445. The minimum Gasteiger partial charge on any atom is -0.469 e. The van der Waals surface area contributed by atoms with E-state index in [0.29, 0.717) is 12.8 Å². The number of alkyl halides is 3. The number of carbonyl (C=O) groups is 2. The fraction of sp³-hybridized carbons (Fsp3) is 0.895. The molecule has 2 aliphatic rings. The van der Waals surface area contributed by atoms with Gasteiger partial charge in [0.25, 0.3) is 0 Å². The number of alkyl carbamates (subject to hydrolysis) is 1. The van der Waals surface area contributed by atoms with Gasteiger partial charge in [-0.2, -0.15) is 13.2 Å². The zero-order valence-electron chi connectivity index (χ0n) is 17.0. The van der Waals surface area contributed by atoms with Crippen LogP contribution in [0.15, 0.2) is 0 Å². The summed E-state index contributed by atoms with van der Waals surface area (Å²) < 4.78 is 47.9. The fourth-order valence-corrected chi connectivity index (χ4v) is 4.32. The Balaban J connectivity index is 2.02. The van der Waals surface area contributed by atoms with Crippen molar-refractivity contribution in [3.8, 4) is 0 Å². The number of nitrogens with zero attached hydrogens (tertiary/aromatic N) is 1. The number of esters is 1. The molecular formula is C19H31F3N2O4. The smallest absolute Gasteiger partial charge is 0.407 e. The van der Waals surface area contributed by atoms with E-state index in [1.807, 2.05) is 4.90 Å². The maximum absolute atomic E-state index is 12.6. The number of amides is 1. The predicted octanol–water partition coefficient (Wildman–Crippen LogP) is 3.64. The molecule has 9 heteroatoms. The van der Waals surface area contributed by atoms with Gasteiger partial charge in [0.15, 0.2) is 0 Å². The van der Waals surface area contributed by atoms with Gasteiger partial charge in [0.2, 0.25) is 0 Å². The van der Waals surface area contributed by atoms with E-state index >= 15 is 0 Å². The van der Waals surface area contributed by atoms with Gasteiger partial charge in [-0.05, 0) is 52.4 Å². The first-order valence-corrected chi connectivity index (χ1v) is 9.77. The molecule has 1 N–H and O–H groups in total. The number of hydrogen-bond donors (Lipinski definition) is 1. The minimum absolute atomic E-state index is 0.00666. The Kier molecular flexibility index (Phi) is 7.22. The predicted molar refractivity (Wildman–Crippen MR) is 96.7 cm³/mol. The third kappa shape index (κ3) is 6.83. The molecule has 0 aromatic rings. The molecule has 0 spiro atoms. The minimum atomic E-state index is -4.16. The molecule has 2 unspecified atom stereocenters. The molecule has 28 heavy (non-hydrogen) atoms. The number of rotatable bonds is 6. The molecule has 6 nitrogen and oxygen atoms in total. The quantitative estimate of drug-likeness (QED) is 0.680. The number of ether oxygens (including phenoxy) is 2. The average molecular weight is 408 g/mol. The summed E-state index contributed by atoms with van der Waals surface area (Å²) in [6, 6.07) is -0.367. The molecule has 2 saturated heterocycles. The second-order valence-electron chi connectivity index (χ2n) is 8.75. The average Bonchev–Trinajstić information content (AvgIpc) is 2.77. The normalized spacial score (nSPS) is 26.6. The Labute approximate surface area is 164 Å². The number of methoxy groups -OCH3 is 1. The lowest BCUT2D eigenvalue weighted by Gasteiger charge is -2.41. The lowest BCUT2D eigenvalue weighted by molar-refractivity contribution is -0.143. The third-order valence-corrected chi connectivity index (χ3v) is 5.46.